The number of hydrogen-bond donors (Lipinski definition) is 0. The molecule has 7 aromatic rings. The zero-order valence-corrected chi connectivity index (χ0v) is 34.6. The van der Waals surface area contributed by atoms with Crippen LogP contribution in [0.2, 0.25) is 0 Å². The number of ether oxygens (including phenoxy) is 1. The van der Waals surface area contributed by atoms with Gasteiger partial charge >= 0.3 is 21.1 Å². The van der Waals surface area contributed by atoms with E-state index in [1.165, 1.54) is 103 Å². The van der Waals surface area contributed by atoms with Crippen LogP contribution in [0.5, 0.6) is 11.5 Å². The Morgan fingerprint density at radius 1 is 0.691 bits per heavy atom. The third-order valence-corrected chi connectivity index (χ3v) is 12.1. The fourth-order valence-corrected chi connectivity index (χ4v) is 9.42. The van der Waals surface area contributed by atoms with Gasteiger partial charge in [-0.25, -0.2) is 4.98 Å². The summed E-state index contributed by atoms with van der Waals surface area (Å²) in [5.74, 6) is 3.11. The Balaban J connectivity index is 0.00000427. The van der Waals surface area contributed by atoms with Gasteiger partial charge in [0, 0.05) is 40.6 Å². The maximum Gasteiger partial charge on any atom is 2.00 e. The minimum absolute atomic E-state index is 0. The molecule has 9 rings (SSSR count). The molecule has 0 radical (unpaired) electrons. The Hall–Kier alpha value is -4.47. The Morgan fingerprint density at radius 3 is 2.11 bits per heavy atom. The van der Waals surface area contributed by atoms with Crippen molar-refractivity contribution in [2.45, 2.75) is 110 Å². The van der Waals surface area contributed by atoms with Crippen LogP contribution in [-0.4, -0.2) is 19.3 Å². The van der Waals surface area contributed by atoms with E-state index in [2.05, 4.69) is 109 Å². The molecule has 2 aliphatic carbocycles. The smallest absolute Gasteiger partial charge is 0.509 e. The van der Waals surface area contributed by atoms with Gasteiger partial charge in [0.05, 0.1) is 11.4 Å². The van der Waals surface area contributed by atoms with Crippen molar-refractivity contribution in [2.24, 2.45) is 0 Å². The number of rotatable bonds is 9. The van der Waals surface area contributed by atoms with Crippen LogP contribution >= 0.6 is 0 Å². The van der Waals surface area contributed by atoms with Gasteiger partial charge in [0.25, 0.3) is 0 Å². The number of pyridine rings is 1. The molecular formula is C49H50N4OPt. The van der Waals surface area contributed by atoms with Crippen molar-refractivity contribution in [1.82, 2.24) is 19.3 Å². The second-order valence-electron chi connectivity index (χ2n) is 15.5. The summed E-state index contributed by atoms with van der Waals surface area (Å²) >= 11 is 0. The van der Waals surface area contributed by atoms with Crippen LogP contribution < -0.4 is 4.74 Å². The normalized spacial score (nSPS) is 15.4. The summed E-state index contributed by atoms with van der Waals surface area (Å²) < 4.78 is 11.2. The van der Waals surface area contributed by atoms with E-state index in [0.717, 1.165) is 46.3 Å². The fraction of sp³-hybridized carbons (Fsp3) is 0.347. The third kappa shape index (κ3) is 7.10. The quantitative estimate of drug-likeness (QED) is 0.136. The maximum absolute atomic E-state index is 6.67. The number of nitrogens with zero attached hydrogens (tertiary/aromatic N) is 4. The van der Waals surface area contributed by atoms with E-state index in [1.807, 2.05) is 24.4 Å². The third-order valence-electron chi connectivity index (χ3n) is 12.1. The van der Waals surface area contributed by atoms with Gasteiger partial charge in [0.1, 0.15) is 5.82 Å². The zero-order valence-electron chi connectivity index (χ0n) is 32.3. The molecule has 0 N–H and O–H groups in total. The molecule has 5 nitrogen and oxygen atoms in total. The van der Waals surface area contributed by atoms with Gasteiger partial charge in [-0.05, 0) is 97.0 Å². The van der Waals surface area contributed by atoms with Gasteiger partial charge < -0.3 is 9.30 Å². The van der Waals surface area contributed by atoms with Crippen molar-refractivity contribution in [3.8, 4) is 34.1 Å². The Bertz CT molecular complexity index is 2420. The van der Waals surface area contributed by atoms with E-state index in [4.69, 9.17) is 14.8 Å². The molecule has 0 amide bonds. The zero-order chi connectivity index (χ0) is 36.6. The summed E-state index contributed by atoms with van der Waals surface area (Å²) in [6, 6.07) is 37.4. The topological polar surface area (TPSA) is 44.9 Å². The molecule has 3 aromatic heterocycles. The summed E-state index contributed by atoms with van der Waals surface area (Å²) in [6.45, 7) is 6.72. The predicted molar refractivity (Wildman–Crippen MR) is 220 cm³/mol. The first-order valence-corrected chi connectivity index (χ1v) is 20.4. The van der Waals surface area contributed by atoms with E-state index in [0.29, 0.717) is 23.3 Å². The van der Waals surface area contributed by atoms with Crippen LogP contribution in [0.3, 0.4) is 0 Å². The summed E-state index contributed by atoms with van der Waals surface area (Å²) in [4.78, 5) is 4.76. The number of benzene rings is 4. The molecular weight excluding hydrogens is 856 g/mol. The molecule has 3 heterocycles. The molecule has 55 heavy (non-hydrogen) atoms. The van der Waals surface area contributed by atoms with Gasteiger partial charge in [-0.15, -0.1) is 35.7 Å². The van der Waals surface area contributed by atoms with Crippen molar-refractivity contribution in [2.75, 3.05) is 0 Å². The molecule has 0 spiro atoms. The molecule has 2 saturated carbocycles. The van der Waals surface area contributed by atoms with Gasteiger partial charge in [0.2, 0.25) is 0 Å². The van der Waals surface area contributed by atoms with Crippen LogP contribution in [0.25, 0.3) is 44.4 Å². The van der Waals surface area contributed by atoms with Crippen LogP contribution in [0.1, 0.15) is 118 Å². The molecule has 0 aliphatic heterocycles. The van der Waals surface area contributed by atoms with Crippen LogP contribution in [0.15, 0.2) is 91.1 Å². The van der Waals surface area contributed by atoms with Crippen molar-refractivity contribution in [3.63, 3.8) is 0 Å². The van der Waals surface area contributed by atoms with Crippen molar-refractivity contribution >= 4 is 21.8 Å². The molecule has 0 saturated heterocycles. The van der Waals surface area contributed by atoms with E-state index in [1.54, 1.807) is 0 Å². The van der Waals surface area contributed by atoms with Crippen molar-refractivity contribution in [1.29, 1.82) is 0 Å². The first kappa shape index (κ1) is 37.5. The Kier molecular flexibility index (Phi) is 11.1. The van der Waals surface area contributed by atoms with Gasteiger partial charge in [-0.2, -0.15) is 17.2 Å². The molecule has 6 heteroatoms. The summed E-state index contributed by atoms with van der Waals surface area (Å²) in [7, 11) is 0. The molecule has 4 aromatic carbocycles. The number of aryl methyl sites for hydroxylation is 3. The van der Waals surface area contributed by atoms with E-state index in [-0.39, 0.29) is 21.1 Å². The van der Waals surface area contributed by atoms with Crippen LogP contribution in [-0.2, 0) is 33.9 Å². The molecule has 282 valence electrons. The number of fused-ring (bicyclic) bond motifs is 3. The summed E-state index contributed by atoms with van der Waals surface area (Å²) in [5.41, 5.74) is 12.6. The van der Waals surface area contributed by atoms with E-state index < -0.39 is 0 Å². The second-order valence-corrected chi connectivity index (χ2v) is 15.5. The first-order valence-electron chi connectivity index (χ1n) is 20.4. The Labute approximate surface area is 340 Å². The average molecular weight is 906 g/mol. The van der Waals surface area contributed by atoms with Crippen LogP contribution in [0, 0.1) is 19.1 Å². The first-order chi connectivity index (χ1) is 26.6. The predicted octanol–water partition coefficient (Wildman–Crippen LogP) is 13.0. The number of para-hydroxylation sites is 1. The van der Waals surface area contributed by atoms with E-state index in [9.17, 15) is 0 Å². The average Bonchev–Trinajstić information content (AvgIpc) is 3.78. The van der Waals surface area contributed by atoms with Gasteiger partial charge in [-0.3, -0.25) is 4.68 Å². The second kappa shape index (κ2) is 16.3. The molecule has 2 fully saturated rings. The summed E-state index contributed by atoms with van der Waals surface area (Å²) in [5, 5.41) is 7.97. The maximum atomic E-state index is 6.67. The number of aromatic nitrogens is 4. The molecule has 0 bridgehead atoms. The van der Waals surface area contributed by atoms with Crippen molar-refractivity contribution < 1.29 is 25.8 Å². The fourth-order valence-electron chi connectivity index (χ4n) is 9.42. The van der Waals surface area contributed by atoms with E-state index >= 15 is 0 Å². The number of hydrogen-bond acceptors (Lipinski definition) is 3. The SMILES string of the molecule is CCc1cccc(CC)c1-c1c(C2CCCCC2)nn(-c2[c-]c(Oc3[c-]c4c(cc3)c3ccccc3n4-c3cc(C)ccn3)ccc2)c1C1CCCCC1.[Pt+2]. The molecule has 0 atom stereocenters. The van der Waals surface area contributed by atoms with Gasteiger partial charge in [-0.1, -0.05) is 94.3 Å². The van der Waals surface area contributed by atoms with Gasteiger partial charge in [0.15, 0.2) is 0 Å². The minimum Gasteiger partial charge on any atom is -0.509 e. The van der Waals surface area contributed by atoms with Crippen LogP contribution in [0.4, 0.5) is 0 Å². The largest absolute Gasteiger partial charge is 2.00 e. The van der Waals surface area contributed by atoms with Crippen molar-refractivity contribution in [3.05, 3.63) is 131 Å². The molecule has 2 aliphatic rings. The monoisotopic (exact) mass is 905 g/mol. The Morgan fingerprint density at radius 2 is 1.38 bits per heavy atom. The summed E-state index contributed by atoms with van der Waals surface area (Å²) in [6.07, 6.45) is 16.5. The minimum atomic E-state index is 0. The molecule has 0 unspecified atom stereocenters. The standard InChI is InChI=1S/C49H50N4O.Pt/c1-4-34-20-14-21-35(5-2)46(34)47-48(36-16-8-6-9-17-36)51-53(49(47)37-18-10-7-11-19-37)38-22-15-23-39(31-38)54-40-26-27-42-41-24-12-13-25-43(41)52(44(42)32-40)45-30-33(3)28-29-50-45;/h12-15,20-30,36-37H,4-11,16-19H2,1-3H3;/q-2;+2.